The molecule has 128 valence electrons. The van der Waals surface area contributed by atoms with Crippen LogP contribution in [0.1, 0.15) is 42.9 Å². The number of phenolic OH excluding ortho intramolecular Hbond substituents is 1. The van der Waals surface area contributed by atoms with E-state index < -0.39 is 0 Å². The second-order valence-corrected chi connectivity index (χ2v) is 7.65. The van der Waals surface area contributed by atoms with Gasteiger partial charge in [0.1, 0.15) is 11.3 Å². The van der Waals surface area contributed by atoms with Crippen molar-refractivity contribution in [1.29, 1.82) is 0 Å². The van der Waals surface area contributed by atoms with Crippen molar-refractivity contribution in [3.63, 3.8) is 0 Å². The van der Waals surface area contributed by atoms with Crippen molar-refractivity contribution in [3.8, 4) is 5.75 Å². The summed E-state index contributed by atoms with van der Waals surface area (Å²) in [5.41, 5.74) is 2.74. The minimum atomic E-state index is -0.259. The molecule has 1 N–H and O–H groups in total. The Bertz CT molecular complexity index is 858. The highest BCUT2D eigenvalue weighted by atomic mass is 35.5. The van der Waals surface area contributed by atoms with Crippen molar-refractivity contribution >= 4 is 22.6 Å². The molecule has 4 rings (SSSR count). The van der Waals surface area contributed by atoms with Gasteiger partial charge in [-0.1, -0.05) is 18.5 Å². The summed E-state index contributed by atoms with van der Waals surface area (Å²) in [6, 6.07) is 1.75. The summed E-state index contributed by atoms with van der Waals surface area (Å²) in [4.78, 5) is 14.6. The molecule has 2 aliphatic rings. The molecule has 0 amide bonds. The third-order valence-corrected chi connectivity index (χ3v) is 5.70. The molecule has 2 heterocycles. The number of likely N-dealkylation sites (tertiary alicyclic amines) is 1. The van der Waals surface area contributed by atoms with E-state index in [0.717, 1.165) is 55.3 Å². The zero-order valence-corrected chi connectivity index (χ0v) is 14.7. The molecule has 5 heteroatoms. The summed E-state index contributed by atoms with van der Waals surface area (Å²) in [6.45, 7) is 4.79. The molecule has 1 aromatic carbocycles. The van der Waals surface area contributed by atoms with Crippen molar-refractivity contribution in [2.75, 3.05) is 13.1 Å². The van der Waals surface area contributed by atoms with E-state index in [1.807, 2.05) is 0 Å². The van der Waals surface area contributed by atoms with Crippen molar-refractivity contribution in [1.82, 2.24) is 4.90 Å². The maximum Gasteiger partial charge on any atom is 0.339 e. The predicted molar refractivity (Wildman–Crippen MR) is 94.9 cm³/mol. The number of aromatic hydroxyl groups is 1. The molecule has 1 atom stereocenters. The molecule has 24 heavy (non-hydrogen) atoms. The van der Waals surface area contributed by atoms with Crippen LogP contribution in [0.25, 0.3) is 11.0 Å². The first kappa shape index (κ1) is 16.0. The minimum Gasteiger partial charge on any atom is -0.506 e. The Kier molecular flexibility index (Phi) is 4.05. The number of benzene rings is 1. The van der Waals surface area contributed by atoms with Crippen LogP contribution in [0, 0.1) is 5.92 Å². The van der Waals surface area contributed by atoms with Gasteiger partial charge < -0.3 is 9.52 Å². The first-order chi connectivity index (χ1) is 11.5. The molecule has 0 spiro atoms. The van der Waals surface area contributed by atoms with E-state index in [4.69, 9.17) is 16.0 Å². The predicted octanol–water partition coefficient (Wildman–Crippen LogP) is 3.87. The highest BCUT2D eigenvalue weighted by Crippen LogP contribution is 2.39. The van der Waals surface area contributed by atoms with Gasteiger partial charge in [-0.2, -0.15) is 0 Å². The number of hydrogen-bond donors (Lipinski definition) is 1. The lowest BCUT2D eigenvalue weighted by Crippen LogP contribution is -2.33. The third-order valence-electron chi connectivity index (χ3n) is 5.41. The highest BCUT2D eigenvalue weighted by molar-refractivity contribution is 6.33. The van der Waals surface area contributed by atoms with E-state index >= 15 is 0 Å². The molecule has 0 radical (unpaired) electrons. The van der Waals surface area contributed by atoms with Gasteiger partial charge in [0.2, 0.25) is 0 Å². The molecule has 1 saturated heterocycles. The fourth-order valence-corrected chi connectivity index (χ4v) is 4.46. The topological polar surface area (TPSA) is 53.7 Å². The second kappa shape index (κ2) is 6.08. The Morgan fingerprint density at radius 2 is 2.12 bits per heavy atom. The standard InChI is InChI=1S/C19H22ClNO3/c1-11-4-3-7-21(9-11)10-15-17(22)16(20)8-14-12-5-2-6-13(12)19(23)24-18(14)15/h8,11,22H,2-7,9-10H2,1H3. The lowest BCUT2D eigenvalue weighted by atomic mass is 9.98. The number of piperidine rings is 1. The average molecular weight is 348 g/mol. The minimum absolute atomic E-state index is 0.0449. The van der Waals surface area contributed by atoms with Crippen LogP contribution < -0.4 is 5.63 Å². The summed E-state index contributed by atoms with van der Waals surface area (Å²) in [6.07, 6.45) is 5.00. The summed E-state index contributed by atoms with van der Waals surface area (Å²) in [5.74, 6) is 0.686. The van der Waals surface area contributed by atoms with Gasteiger partial charge in [-0.25, -0.2) is 4.79 Å². The van der Waals surface area contributed by atoms with Crippen LogP contribution in [0.3, 0.4) is 0 Å². The molecule has 1 aromatic heterocycles. The number of rotatable bonds is 2. The van der Waals surface area contributed by atoms with Crippen LogP contribution in [0.15, 0.2) is 15.3 Å². The molecule has 1 aliphatic carbocycles. The van der Waals surface area contributed by atoms with Gasteiger partial charge >= 0.3 is 5.63 Å². The van der Waals surface area contributed by atoms with E-state index in [9.17, 15) is 9.90 Å². The van der Waals surface area contributed by atoms with Crippen LogP contribution in [0.4, 0.5) is 0 Å². The monoisotopic (exact) mass is 347 g/mol. The van der Waals surface area contributed by atoms with Crippen molar-refractivity contribution in [3.05, 3.63) is 38.2 Å². The number of halogens is 1. The quantitative estimate of drug-likeness (QED) is 0.838. The number of hydrogen-bond acceptors (Lipinski definition) is 4. The van der Waals surface area contributed by atoms with Crippen molar-refractivity contribution in [2.24, 2.45) is 5.92 Å². The third kappa shape index (κ3) is 2.62. The highest BCUT2D eigenvalue weighted by Gasteiger charge is 2.25. The van der Waals surface area contributed by atoms with Gasteiger partial charge in [0.05, 0.1) is 10.6 Å². The SMILES string of the molecule is CC1CCCN(Cc2c(O)c(Cl)cc3c4c(c(=O)oc23)CCC4)C1. The van der Waals surface area contributed by atoms with E-state index in [0.29, 0.717) is 28.6 Å². The Balaban J connectivity index is 1.86. The molecule has 2 aromatic rings. The van der Waals surface area contributed by atoms with Crippen LogP contribution in [-0.2, 0) is 19.4 Å². The second-order valence-electron chi connectivity index (χ2n) is 7.24. The zero-order chi connectivity index (χ0) is 16.8. The van der Waals surface area contributed by atoms with E-state index in [1.54, 1.807) is 6.07 Å². The molecule has 1 unspecified atom stereocenters. The van der Waals surface area contributed by atoms with Gasteiger partial charge in [0.15, 0.2) is 0 Å². The van der Waals surface area contributed by atoms with Gasteiger partial charge in [0, 0.05) is 24.0 Å². The van der Waals surface area contributed by atoms with E-state index in [-0.39, 0.29) is 11.4 Å². The molecule has 1 fully saturated rings. The average Bonchev–Trinajstić information content (AvgIpc) is 3.04. The fourth-order valence-electron chi connectivity index (χ4n) is 4.24. The van der Waals surface area contributed by atoms with Crippen LogP contribution in [-0.4, -0.2) is 23.1 Å². The van der Waals surface area contributed by atoms with Crippen LogP contribution in [0.2, 0.25) is 5.02 Å². The molecule has 1 aliphatic heterocycles. The lowest BCUT2D eigenvalue weighted by Gasteiger charge is -2.31. The Labute approximate surface area is 146 Å². The number of nitrogens with zero attached hydrogens (tertiary/aromatic N) is 1. The first-order valence-corrected chi connectivity index (χ1v) is 9.13. The number of phenols is 1. The molecular formula is C19H22ClNO3. The van der Waals surface area contributed by atoms with Gasteiger partial charge in [-0.05, 0) is 56.2 Å². The number of aryl methyl sites for hydroxylation is 1. The summed E-state index contributed by atoms with van der Waals surface area (Å²) >= 11 is 6.29. The fraction of sp³-hybridized carbons (Fsp3) is 0.526. The summed E-state index contributed by atoms with van der Waals surface area (Å²) < 4.78 is 5.64. The van der Waals surface area contributed by atoms with E-state index in [2.05, 4.69) is 11.8 Å². The van der Waals surface area contributed by atoms with E-state index in [1.165, 1.54) is 6.42 Å². The maximum atomic E-state index is 12.3. The molecule has 0 saturated carbocycles. The van der Waals surface area contributed by atoms with Gasteiger partial charge in [-0.15, -0.1) is 0 Å². The largest absolute Gasteiger partial charge is 0.506 e. The molecular weight excluding hydrogens is 326 g/mol. The molecule has 4 nitrogen and oxygen atoms in total. The zero-order valence-electron chi connectivity index (χ0n) is 13.9. The normalized spacial score (nSPS) is 21.3. The van der Waals surface area contributed by atoms with Gasteiger partial charge in [-0.3, -0.25) is 4.90 Å². The first-order valence-electron chi connectivity index (χ1n) is 8.76. The van der Waals surface area contributed by atoms with Crippen LogP contribution >= 0.6 is 11.6 Å². The Morgan fingerprint density at radius 3 is 2.92 bits per heavy atom. The Morgan fingerprint density at radius 1 is 1.33 bits per heavy atom. The number of fused-ring (bicyclic) bond motifs is 3. The van der Waals surface area contributed by atoms with Crippen molar-refractivity contribution < 1.29 is 9.52 Å². The van der Waals surface area contributed by atoms with Crippen molar-refractivity contribution in [2.45, 2.75) is 45.6 Å². The lowest BCUT2D eigenvalue weighted by molar-refractivity contribution is 0.175. The maximum absolute atomic E-state index is 12.3. The smallest absolute Gasteiger partial charge is 0.339 e. The molecule has 0 bridgehead atoms. The Hall–Kier alpha value is -1.52. The summed E-state index contributed by atoms with van der Waals surface area (Å²) in [5, 5.41) is 11.7. The summed E-state index contributed by atoms with van der Waals surface area (Å²) in [7, 11) is 0. The van der Waals surface area contributed by atoms with Gasteiger partial charge in [0.25, 0.3) is 0 Å². The van der Waals surface area contributed by atoms with Crippen LogP contribution in [0.5, 0.6) is 5.75 Å².